The molecular formula is C12H16BrNO4. The number of rotatable bonds is 5. The number of halogens is 1. The molecule has 0 spiro atoms. The lowest BCUT2D eigenvalue weighted by Gasteiger charge is -2.16. The second kappa shape index (κ2) is 6.04. The van der Waals surface area contributed by atoms with Gasteiger partial charge in [-0.05, 0) is 36.2 Å². The molecular weight excluding hydrogens is 302 g/mol. The topological polar surface area (TPSA) is 70.8 Å². The van der Waals surface area contributed by atoms with Crippen LogP contribution in [0.5, 0.6) is 0 Å². The number of carbonyl (C=O) groups excluding carboxylic acids is 1. The quantitative estimate of drug-likeness (QED) is 0.906. The van der Waals surface area contributed by atoms with Crippen molar-refractivity contribution in [2.45, 2.75) is 26.7 Å². The van der Waals surface area contributed by atoms with E-state index in [4.69, 9.17) is 9.52 Å². The standard InChI is InChI=1S/C12H16BrNO4/c1-7-10(8(2)18-11(7)13)12(17)14(3)6-4-5-9(15)16/h4-6H2,1-3H3,(H,15,16). The number of hydrogen-bond acceptors (Lipinski definition) is 3. The average Bonchev–Trinajstić information content (AvgIpc) is 2.51. The van der Waals surface area contributed by atoms with Crippen molar-refractivity contribution >= 4 is 27.8 Å². The fraction of sp³-hybridized carbons (Fsp3) is 0.500. The third-order valence-corrected chi connectivity index (χ3v) is 3.47. The first kappa shape index (κ1) is 14.8. The normalized spacial score (nSPS) is 10.4. The molecule has 0 aliphatic heterocycles. The fourth-order valence-corrected chi connectivity index (χ4v) is 2.14. The number of carboxylic acids is 1. The van der Waals surface area contributed by atoms with E-state index in [2.05, 4.69) is 15.9 Å². The highest BCUT2D eigenvalue weighted by Crippen LogP contribution is 2.27. The summed E-state index contributed by atoms with van der Waals surface area (Å²) in [5.74, 6) is -0.437. The van der Waals surface area contributed by atoms with Crippen molar-refractivity contribution in [3.63, 3.8) is 0 Å². The number of aliphatic carboxylic acids is 1. The maximum absolute atomic E-state index is 12.2. The van der Waals surface area contributed by atoms with Crippen LogP contribution in [0.3, 0.4) is 0 Å². The Bertz CT molecular complexity index is 467. The minimum absolute atomic E-state index is 0.0602. The zero-order valence-electron chi connectivity index (χ0n) is 10.6. The Morgan fingerprint density at radius 2 is 2.00 bits per heavy atom. The summed E-state index contributed by atoms with van der Waals surface area (Å²) in [5, 5.41) is 8.55. The predicted molar refractivity (Wildman–Crippen MR) is 69.7 cm³/mol. The van der Waals surface area contributed by atoms with Gasteiger partial charge in [-0.2, -0.15) is 0 Å². The highest BCUT2D eigenvalue weighted by Gasteiger charge is 2.22. The second-order valence-electron chi connectivity index (χ2n) is 4.16. The third kappa shape index (κ3) is 3.35. The molecule has 0 radical (unpaired) electrons. The van der Waals surface area contributed by atoms with Gasteiger partial charge in [0.1, 0.15) is 5.76 Å². The Hall–Kier alpha value is -1.30. The molecule has 5 nitrogen and oxygen atoms in total. The van der Waals surface area contributed by atoms with Crippen LogP contribution in [-0.4, -0.2) is 35.5 Å². The highest BCUT2D eigenvalue weighted by molar-refractivity contribution is 9.10. The Kier molecular flexibility index (Phi) is 4.95. The molecule has 1 N–H and O–H groups in total. The molecule has 0 unspecified atom stereocenters. The number of aryl methyl sites for hydroxylation is 1. The summed E-state index contributed by atoms with van der Waals surface area (Å²) in [6, 6.07) is 0. The molecule has 1 aromatic heterocycles. The molecule has 0 aromatic carbocycles. The van der Waals surface area contributed by atoms with Crippen LogP contribution in [0.2, 0.25) is 0 Å². The van der Waals surface area contributed by atoms with E-state index in [1.807, 2.05) is 0 Å². The minimum atomic E-state index is -0.853. The molecule has 0 aliphatic carbocycles. The van der Waals surface area contributed by atoms with E-state index in [0.717, 1.165) is 5.56 Å². The van der Waals surface area contributed by atoms with Gasteiger partial charge in [-0.1, -0.05) is 0 Å². The molecule has 0 saturated heterocycles. The zero-order valence-corrected chi connectivity index (χ0v) is 12.2. The molecule has 1 rings (SSSR count). The van der Waals surface area contributed by atoms with Crippen LogP contribution in [0.25, 0.3) is 0 Å². The summed E-state index contributed by atoms with van der Waals surface area (Å²) >= 11 is 3.24. The number of amides is 1. The number of carbonyl (C=O) groups is 2. The summed E-state index contributed by atoms with van der Waals surface area (Å²) in [6.07, 6.45) is 0.499. The first-order chi connectivity index (χ1) is 8.34. The molecule has 0 aliphatic rings. The van der Waals surface area contributed by atoms with Gasteiger partial charge in [-0.3, -0.25) is 9.59 Å². The number of carboxylic acid groups (broad SMARTS) is 1. The molecule has 100 valence electrons. The lowest BCUT2D eigenvalue weighted by molar-refractivity contribution is -0.137. The molecule has 0 saturated carbocycles. The Labute approximate surface area is 114 Å². The van der Waals surface area contributed by atoms with E-state index in [9.17, 15) is 9.59 Å². The van der Waals surface area contributed by atoms with E-state index in [-0.39, 0.29) is 12.3 Å². The smallest absolute Gasteiger partial charge is 0.303 e. The maximum atomic E-state index is 12.2. The minimum Gasteiger partial charge on any atom is -0.481 e. The number of furan rings is 1. The van der Waals surface area contributed by atoms with Crippen molar-refractivity contribution < 1.29 is 19.1 Å². The van der Waals surface area contributed by atoms with Gasteiger partial charge in [0.15, 0.2) is 4.67 Å². The van der Waals surface area contributed by atoms with Gasteiger partial charge < -0.3 is 14.4 Å². The fourth-order valence-electron chi connectivity index (χ4n) is 1.70. The Balaban J connectivity index is 2.71. The van der Waals surface area contributed by atoms with E-state index >= 15 is 0 Å². The van der Waals surface area contributed by atoms with Crippen molar-refractivity contribution in [3.8, 4) is 0 Å². The maximum Gasteiger partial charge on any atom is 0.303 e. The summed E-state index contributed by atoms with van der Waals surface area (Å²) in [7, 11) is 1.66. The van der Waals surface area contributed by atoms with Gasteiger partial charge in [0.05, 0.1) is 5.56 Å². The third-order valence-electron chi connectivity index (χ3n) is 2.71. The molecule has 0 atom stereocenters. The van der Waals surface area contributed by atoms with Gasteiger partial charge >= 0.3 is 5.97 Å². The van der Waals surface area contributed by atoms with Crippen LogP contribution in [0, 0.1) is 13.8 Å². The Morgan fingerprint density at radius 3 is 2.44 bits per heavy atom. The van der Waals surface area contributed by atoms with E-state index in [1.54, 1.807) is 20.9 Å². The molecule has 1 heterocycles. The second-order valence-corrected chi connectivity index (χ2v) is 4.88. The number of nitrogens with zero attached hydrogens (tertiary/aromatic N) is 1. The van der Waals surface area contributed by atoms with Gasteiger partial charge in [0, 0.05) is 25.6 Å². The molecule has 6 heteroatoms. The van der Waals surface area contributed by atoms with Crippen LogP contribution < -0.4 is 0 Å². The van der Waals surface area contributed by atoms with Gasteiger partial charge in [-0.25, -0.2) is 0 Å². The molecule has 0 bridgehead atoms. The predicted octanol–water partition coefficient (Wildman–Crippen LogP) is 2.60. The Morgan fingerprint density at radius 1 is 1.39 bits per heavy atom. The van der Waals surface area contributed by atoms with Crippen molar-refractivity contribution in [1.29, 1.82) is 0 Å². The molecule has 18 heavy (non-hydrogen) atoms. The molecule has 0 fully saturated rings. The monoisotopic (exact) mass is 317 g/mol. The molecule has 1 aromatic rings. The van der Waals surface area contributed by atoms with Crippen molar-refractivity contribution in [3.05, 3.63) is 21.6 Å². The van der Waals surface area contributed by atoms with E-state index < -0.39 is 5.97 Å². The van der Waals surface area contributed by atoms with Crippen LogP contribution in [0.4, 0.5) is 0 Å². The summed E-state index contributed by atoms with van der Waals surface area (Å²) < 4.78 is 5.89. The first-order valence-electron chi connectivity index (χ1n) is 5.57. The van der Waals surface area contributed by atoms with Crippen molar-refractivity contribution in [1.82, 2.24) is 4.90 Å². The summed E-state index contributed by atoms with van der Waals surface area (Å²) in [4.78, 5) is 24.1. The van der Waals surface area contributed by atoms with Crippen molar-refractivity contribution in [2.75, 3.05) is 13.6 Å². The summed E-state index contributed by atoms with van der Waals surface area (Å²) in [6.45, 7) is 3.95. The van der Waals surface area contributed by atoms with E-state index in [0.29, 0.717) is 29.0 Å². The lowest BCUT2D eigenvalue weighted by atomic mass is 10.1. The average molecular weight is 318 g/mol. The van der Waals surface area contributed by atoms with Gasteiger partial charge in [0.2, 0.25) is 0 Å². The molecule has 1 amide bonds. The zero-order chi connectivity index (χ0) is 13.9. The summed E-state index contributed by atoms with van der Waals surface area (Å²) in [5.41, 5.74) is 1.31. The van der Waals surface area contributed by atoms with Gasteiger partial charge in [-0.15, -0.1) is 0 Å². The largest absolute Gasteiger partial charge is 0.481 e. The van der Waals surface area contributed by atoms with Gasteiger partial charge in [0.25, 0.3) is 5.91 Å². The number of hydrogen-bond donors (Lipinski definition) is 1. The van der Waals surface area contributed by atoms with Crippen molar-refractivity contribution in [2.24, 2.45) is 0 Å². The van der Waals surface area contributed by atoms with E-state index in [1.165, 1.54) is 4.90 Å². The highest BCUT2D eigenvalue weighted by atomic mass is 79.9. The van der Waals surface area contributed by atoms with Crippen LogP contribution in [0.15, 0.2) is 9.09 Å². The van der Waals surface area contributed by atoms with Crippen LogP contribution in [-0.2, 0) is 4.79 Å². The SMILES string of the molecule is Cc1oc(Br)c(C)c1C(=O)N(C)CCCC(=O)O. The first-order valence-corrected chi connectivity index (χ1v) is 6.36. The van der Waals surface area contributed by atoms with Crippen LogP contribution in [0.1, 0.15) is 34.5 Å². The van der Waals surface area contributed by atoms with Crippen LogP contribution >= 0.6 is 15.9 Å². The lowest BCUT2D eigenvalue weighted by Crippen LogP contribution is -2.28.